The standard InChI is InChI=1S/C19H19N5O2S/c25-12-16-14(6-8-26-16)21-10-13-4-5-17(22-11-13)24-18-3-1-2-15(23-18)19-20-7-9-27-19/h1-5,7,9,11-12,14,16,21H,6,8,10H2,(H,22,23,24). The summed E-state index contributed by atoms with van der Waals surface area (Å²) < 4.78 is 5.36. The minimum atomic E-state index is -0.352. The summed E-state index contributed by atoms with van der Waals surface area (Å²) in [5, 5.41) is 9.39. The Bertz CT molecular complexity index is 885. The van der Waals surface area contributed by atoms with Crippen molar-refractivity contribution in [2.24, 2.45) is 0 Å². The molecule has 1 aliphatic rings. The second-order valence-electron chi connectivity index (χ2n) is 6.17. The van der Waals surface area contributed by atoms with E-state index in [9.17, 15) is 4.79 Å². The molecule has 4 heterocycles. The molecule has 3 aromatic rings. The lowest BCUT2D eigenvalue weighted by Crippen LogP contribution is -2.36. The van der Waals surface area contributed by atoms with Crippen LogP contribution < -0.4 is 10.6 Å². The highest BCUT2D eigenvalue weighted by atomic mass is 32.1. The first-order valence-corrected chi connectivity index (χ1v) is 9.59. The molecule has 2 atom stereocenters. The Balaban J connectivity index is 1.37. The smallest absolute Gasteiger partial charge is 0.150 e. The van der Waals surface area contributed by atoms with Crippen LogP contribution in [0.3, 0.4) is 0 Å². The van der Waals surface area contributed by atoms with Crippen molar-refractivity contribution in [1.82, 2.24) is 20.3 Å². The first-order valence-electron chi connectivity index (χ1n) is 8.71. The maximum Gasteiger partial charge on any atom is 0.150 e. The number of hydrogen-bond donors (Lipinski definition) is 2. The van der Waals surface area contributed by atoms with Gasteiger partial charge in [-0.1, -0.05) is 12.1 Å². The summed E-state index contributed by atoms with van der Waals surface area (Å²) in [6.45, 7) is 1.26. The third-order valence-corrected chi connectivity index (χ3v) is 5.12. The van der Waals surface area contributed by atoms with E-state index in [-0.39, 0.29) is 12.1 Å². The number of ether oxygens (including phenoxy) is 1. The molecule has 0 radical (unpaired) electrons. The Morgan fingerprint density at radius 2 is 2.19 bits per heavy atom. The van der Waals surface area contributed by atoms with Gasteiger partial charge in [0, 0.05) is 37.0 Å². The zero-order valence-corrected chi connectivity index (χ0v) is 15.4. The number of nitrogens with one attached hydrogen (secondary N) is 2. The Morgan fingerprint density at radius 3 is 2.96 bits per heavy atom. The Kier molecular flexibility index (Phi) is 5.47. The van der Waals surface area contributed by atoms with Crippen LogP contribution in [-0.2, 0) is 16.1 Å². The van der Waals surface area contributed by atoms with E-state index >= 15 is 0 Å². The molecule has 0 bridgehead atoms. The van der Waals surface area contributed by atoms with Crippen molar-refractivity contribution in [1.29, 1.82) is 0 Å². The van der Waals surface area contributed by atoms with Gasteiger partial charge < -0.3 is 20.2 Å². The van der Waals surface area contributed by atoms with E-state index in [0.29, 0.717) is 13.2 Å². The number of aldehydes is 1. The molecule has 2 N–H and O–H groups in total. The lowest BCUT2D eigenvalue weighted by atomic mass is 10.1. The van der Waals surface area contributed by atoms with Gasteiger partial charge in [-0.3, -0.25) is 0 Å². The van der Waals surface area contributed by atoms with E-state index < -0.39 is 0 Å². The minimum absolute atomic E-state index is 0.0677. The highest BCUT2D eigenvalue weighted by Gasteiger charge is 2.26. The first kappa shape index (κ1) is 17.7. The van der Waals surface area contributed by atoms with Gasteiger partial charge in [0.05, 0.1) is 0 Å². The van der Waals surface area contributed by atoms with Gasteiger partial charge in [-0.05, 0) is 30.2 Å². The minimum Gasteiger partial charge on any atom is -0.369 e. The lowest BCUT2D eigenvalue weighted by molar-refractivity contribution is -0.116. The van der Waals surface area contributed by atoms with Crippen molar-refractivity contribution in [3.8, 4) is 10.7 Å². The second kappa shape index (κ2) is 8.34. The summed E-state index contributed by atoms with van der Waals surface area (Å²) in [5.41, 5.74) is 1.88. The van der Waals surface area contributed by atoms with Crippen molar-refractivity contribution in [3.05, 3.63) is 53.7 Å². The predicted molar refractivity (Wildman–Crippen MR) is 104 cm³/mol. The van der Waals surface area contributed by atoms with Crippen LogP contribution in [0.4, 0.5) is 11.6 Å². The van der Waals surface area contributed by atoms with Gasteiger partial charge in [0.25, 0.3) is 0 Å². The van der Waals surface area contributed by atoms with E-state index in [1.165, 1.54) is 0 Å². The lowest BCUT2D eigenvalue weighted by Gasteiger charge is -2.15. The number of anilines is 2. The first-order chi connectivity index (χ1) is 13.3. The normalized spacial score (nSPS) is 19.1. The number of rotatable bonds is 7. The largest absolute Gasteiger partial charge is 0.369 e. The predicted octanol–water partition coefficient (Wildman–Crippen LogP) is 2.79. The maximum absolute atomic E-state index is 11.0. The molecule has 4 rings (SSSR count). The van der Waals surface area contributed by atoms with Crippen LogP contribution in [-0.4, -0.2) is 40.0 Å². The Hall–Kier alpha value is -2.68. The van der Waals surface area contributed by atoms with E-state index in [1.54, 1.807) is 17.5 Å². The Morgan fingerprint density at radius 1 is 1.22 bits per heavy atom. The van der Waals surface area contributed by atoms with Gasteiger partial charge >= 0.3 is 0 Å². The highest BCUT2D eigenvalue weighted by molar-refractivity contribution is 7.13. The number of pyridine rings is 2. The topological polar surface area (TPSA) is 89.0 Å². The van der Waals surface area contributed by atoms with Gasteiger partial charge in [-0.15, -0.1) is 11.3 Å². The molecule has 1 saturated heterocycles. The molecule has 0 aliphatic carbocycles. The summed E-state index contributed by atoms with van der Waals surface area (Å²) in [5.74, 6) is 1.44. The van der Waals surface area contributed by atoms with Crippen LogP contribution in [0.15, 0.2) is 48.1 Å². The van der Waals surface area contributed by atoms with E-state index in [2.05, 4.69) is 25.6 Å². The van der Waals surface area contributed by atoms with Crippen molar-refractivity contribution in [2.45, 2.75) is 25.1 Å². The zero-order valence-electron chi connectivity index (χ0n) is 14.5. The van der Waals surface area contributed by atoms with Gasteiger partial charge in [0.15, 0.2) is 0 Å². The van der Waals surface area contributed by atoms with E-state index in [1.807, 2.05) is 41.9 Å². The van der Waals surface area contributed by atoms with Gasteiger partial charge in [0.1, 0.15) is 34.7 Å². The molecular weight excluding hydrogens is 362 g/mol. The van der Waals surface area contributed by atoms with Crippen LogP contribution in [0.5, 0.6) is 0 Å². The van der Waals surface area contributed by atoms with Crippen LogP contribution in [0.1, 0.15) is 12.0 Å². The van der Waals surface area contributed by atoms with E-state index in [0.717, 1.165) is 40.6 Å². The highest BCUT2D eigenvalue weighted by Crippen LogP contribution is 2.22. The second-order valence-corrected chi connectivity index (χ2v) is 7.06. The molecular formula is C19H19N5O2S. The fourth-order valence-electron chi connectivity index (χ4n) is 2.92. The molecule has 2 unspecified atom stereocenters. The van der Waals surface area contributed by atoms with Crippen molar-refractivity contribution in [3.63, 3.8) is 0 Å². The monoisotopic (exact) mass is 381 g/mol. The molecule has 0 saturated carbocycles. The number of nitrogens with zero attached hydrogens (tertiary/aromatic N) is 3. The SMILES string of the molecule is O=CC1OCCC1NCc1ccc(Nc2cccc(-c3nccs3)n2)nc1. The third kappa shape index (κ3) is 4.36. The van der Waals surface area contributed by atoms with Crippen LogP contribution in [0, 0.1) is 0 Å². The van der Waals surface area contributed by atoms with Gasteiger partial charge in [0.2, 0.25) is 0 Å². The zero-order chi connectivity index (χ0) is 18.5. The van der Waals surface area contributed by atoms with Crippen molar-refractivity contribution >= 4 is 29.3 Å². The average molecular weight is 381 g/mol. The van der Waals surface area contributed by atoms with Gasteiger partial charge in [-0.25, -0.2) is 15.0 Å². The van der Waals surface area contributed by atoms with Crippen LogP contribution in [0.25, 0.3) is 10.7 Å². The number of hydrogen-bond acceptors (Lipinski definition) is 8. The molecule has 0 amide bonds. The van der Waals surface area contributed by atoms with Crippen LogP contribution >= 0.6 is 11.3 Å². The number of thiazole rings is 1. The molecule has 3 aromatic heterocycles. The van der Waals surface area contributed by atoms with Crippen molar-refractivity contribution in [2.75, 3.05) is 11.9 Å². The number of carbonyl (C=O) groups excluding carboxylic acids is 1. The molecule has 138 valence electrons. The Labute approximate surface area is 160 Å². The van der Waals surface area contributed by atoms with Gasteiger partial charge in [-0.2, -0.15) is 0 Å². The summed E-state index contributed by atoms with van der Waals surface area (Å²) >= 11 is 1.56. The molecule has 7 nitrogen and oxygen atoms in total. The molecule has 27 heavy (non-hydrogen) atoms. The molecule has 1 aliphatic heterocycles. The van der Waals surface area contributed by atoms with Crippen molar-refractivity contribution < 1.29 is 9.53 Å². The summed E-state index contributed by atoms with van der Waals surface area (Å²) in [6.07, 6.45) is 4.94. The summed E-state index contributed by atoms with van der Waals surface area (Å²) in [7, 11) is 0. The van der Waals surface area contributed by atoms with E-state index in [4.69, 9.17) is 4.74 Å². The molecule has 0 aromatic carbocycles. The molecule has 8 heteroatoms. The number of aromatic nitrogens is 3. The molecule has 0 spiro atoms. The summed E-state index contributed by atoms with van der Waals surface area (Å²) in [4.78, 5) is 24.3. The van der Waals surface area contributed by atoms with Crippen LogP contribution in [0.2, 0.25) is 0 Å². The summed E-state index contributed by atoms with van der Waals surface area (Å²) in [6, 6.07) is 9.75. The quantitative estimate of drug-likeness (QED) is 0.608. The maximum atomic E-state index is 11.0. The number of carbonyl (C=O) groups is 1. The molecule has 1 fully saturated rings. The fraction of sp³-hybridized carbons (Fsp3) is 0.263. The third-order valence-electron chi connectivity index (χ3n) is 4.32. The fourth-order valence-corrected chi connectivity index (χ4v) is 3.53. The average Bonchev–Trinajstić information content (AvgIpc) is 3.39.